The average Bonchev–Trinajstić information content (AvgIpc) is 2.28. The van der Waals surface area contributed by atoms with Crippen LogP contribution in [0.1, 0.15) is 17.2 Å². The van der Waals surface area contributed by atoms with Gasteiger partial charge in [0.25, 0.3) is 0 Å². The van der Waals surface area contributed by atoms with Crippen LogP contribution in [0.5, 0.6) is 5.75 Å². The Hall–Kier alpha value is -1.75. The van der Waals surface area contributed by atoms with E-state index in [1.54, 1.807) is 7.11 Å². The molecule has 0 spiro atoms. The Balaban J connectivity index is 2.31. The van der Waals surface area contributed by atoms with Crippen molar-refractivity contribution in [1.29, 1.82) is 0 Å². The maximum atomic E-state index is 10.6. The summed E-state index contributed by atoms with van der Waals surface area (Å²) < 4.78 is 10.4. The molecular weight excluding hydrogens is 210 g/mol. The molecule has 1 unspecified atom stereocenters. The van der Waals surface area contributed by atoms with E-state index in [1.165, 1.54) is 0 Å². The van der Waals surface area contributed by atoms with Gasteiger partial charge in [0.05, 0.1) is 26.4 Å². The van der Waals surface area contributed by atoms with Crippen LogP contribution in [-0.2, 0) is 11.3 Å². The predicted octanol–water partition coefficient (Wildman–Crippen LogP) is 1.53. The van der Waals surface area contributed by atoms with Gasteiger partial charge in [-0.25, -0.2) is 4.79 Å². The molecule has 0 aliphatic carbocycles. The van der Waals surface area contributed by atoms with Gasteiger partial charge < -0.3 is 19.9 Å². The molecule has 0 fully saturated rings. The van der Waals surface area contributed by atoms with E-state index in [0.29, 0.717) is 13.2 Å². The van der Waals surface area contributed by atoms with Gasteiger partial charge in [-0.05, 0) is 23.3 Å². The van der Waals surface area contributed by atoms with Crippen molar-refractivity contribution in [3.63, 3.8) is 0 Å². The van der Waals surface area contributed by atoms with Gasteiger partial charge in [0.1, 0.15) is 5.75 Å². The molecule has 1 aromatic carbocycles. The molecule has 0 radical (unpaired) electrons. The first-order valence-electron chi connectivity index (χ1n) is 4.94. The molecule has 1 amide bonds. The van der Waals surface area contributed by atoms with Gasteiger partial charge >= 0.3 is 6.09 Å². The first-order valence-corrected chi connectivity index (χ1v) is 4.94. The fourth-order valence-electron chi connectivity index (χ4n) is 1.80. The Labute approximate surface area is 93.0 Å². The van der Waals surface area contributed by atoms with Crippen molar-refractivity contribution in [3.8, 4) is 5.75 Å². The molecule has 2 N–H and O–H groups in total. The summed E-state index contributed by atoms with van der Waals surface area (Å²) in [6, 6.07) is 5.25. The second kappa shape index (κ2) is 4.40. The summed E-state index contributed by atoms with van der Waals surface area (Å²) in [6.07, 6.45) is -1.05. The Morgan fingerprint density at radius 2 is 2.44 bits per heavy atom. The highest BCUT2D eigenvalue weighted by atomic mass is 16.5. The van der Waals surface area contributed by atoms with Gasteiger partial charge in [0, 0.05) is 0 Å². The lowest BCUT2D eigenvalue weighted by atomic mass is 9.99. The topological polar surface area (TPSA) is 67.8 Å². The molecule has 1 aromatic rings. The van der Waals surface area contributed by atoms with Gasteiger partial charge in [-0.3, -0.25) is 0 Å². The standard InChI is InChI=1S/C11H13NO4/c1-15-8-3-2-7-5-16-6-10(9(7)4-8)12-11(13)14/h2-4,10,12H,5-6H2,1H3,(H,13,14). The minimum absolute atomic E-state index is 0.323. The van der Waals surface area contributed by atoms with Gasteiger partial charge in [0.2, 0.25) is 0 Å². The van der Waals surface area contributed by atoms with Crippen LogP contribution in [0.2, 0.25) is 0 Å². The van der Waals surface area contributed by atoms with E-state index in [2.05, 4.69) is 5.32 Å². The van der Waals surface area contributed by atoms with Crippen LogP contribution in [-0.4, -0.2) is 24.9 Å². The molecule has 1 atom stereocenters. The van der Waals surface area contributed by atoms with Crippen molar-refractivity contribution in [2.45, 2.75) is 12.6 Å². The van der Waals surface area contributed by atoms with E-state index in [9.17, 15) is 4.79 Å². The third-order valence-electron chi connectivity index (χ3n) is 2.57. The van der Waals surface area contributed by atoms with Crippen molar-refractivity contribution in [3.05, 3.63) is 29.3 Å². The fraction of sp³-hybridized carbons (Fsp3) is 0.364. The number of benzene rings is 1. The van der Waals surface area contributed by atoms with Gasteiger partial charge in [0.15, 0.2) is 0 Å². The summed E-state index contributed by atoms with van der Waals surface area (Å²) in [6.45, 7) is 0.865. The number of ether oxygens (including phenoxy) is 2. The number of nitrogens with one attached hydrogen (secondary N) is 1. The van der Waals surface area contributed by atoms with Crippen molar-refractivity contribution >= 4 is 6.09 Å². The van der Waals surface area contributed by atoms with E-state index in [-0.39, 0.29) is 6.04 Å². The summed E-state index contributed by atoms with van der Waals surface area (Å²) in [5.41, 5.74) is 1.92. The molecular formula is C11H13NO4. The second-order valence-electron chi connectivity index (χ2n) is 3.58. The number of carboxylic acid groups (broad SMARTS) is 1. The first kappa shape index (κ1) is 10.8. The van der Waals surface area contributed by atoms with Crippen molar-refractivity contribution in [2.24, 2.45) is 0 Å². The minimum Gasteiger partial charge on any atom is -0.497 e. The number of hydrogen-bond acceptors (Lipinski definition) is 3. The molecule has 2 rings (SSSR count). The first-order chi connectivity index (χ1) is 7.70. The molecule has 0 bridgehead atoms. The molecule has 86 valence electrons. The summed E-state index contributed by atoms with van der Waals surface area (Å²) in [4.78, 5) is 10.6. The number of carbonyl (C=O) groups is 1. The van der Waals surface area contributed by atoms with E-state index in [0.717, 1.165) is 16.9 Å². The number of methoxy groups -OCH3 is 1. The lowest BCUT2D eigenvalue weighted by Crippen LogP contribution is -2.33. The summed E-state index contributed by atoms with van der Waals surface area (Å²) in [7, 11) is 1.58. The van der Waals surface area contributed by atoms with Crippen LogP contribution in [0.15, 0.2) is 18.2 Å². The normalized spacial score (nSPS) is 18.7. The van der Waals surface area contributed by atoms with Crippen LogP contribution >= 0.6 is 0 Å². The molecule has 0 saturated carbocycles. The number of fused-ring (bicyclic) bond motifs is 1. The van der Waals surface area contributed by atoms with E-state index in [1.807, 2.05) is 18.2 Å². The highest BCUT2D eigenvalue weighted by molar-refractivity contribution is 5.65. The van der Waals surface area contributed by atoms with Gasteiger partial charge in [-0.2, -0.15) is 0 Å². The lowest BCUT2D eigenvalue weighted by Gasteiger charge is -2.25. The SMILES string of the molecule is COc1ccc2c(c1)C(NC(=O)O)COC2. The Kier molecular flexibility index (Phi) is 2.96. The fourth-order valence-corrected chi connectivity index (χ4v) is 1.80. The monoisotopic (exact) mass is 223 g/mol. The van der Waals surface area contributed by atoms with E-state index in [4.69, 9.17) is 14.6 Å². The van der Waals surface area contributed by atoms with Crippen molar-refractivity contribution < 1.29 is 19.4 Å². The van der Waals surface area contributed by atoms with E-state index < -0.39 is 6.09 Å². The molecule has 5 heteroatoms. The van der Waals surface area contributed by atoms with Gasteiger partial charge in [-0.15, -0.1) is 0 Å². The van der Waals surface area contributed by atoms with E-state index >= 15 is 0 Å². The molecule has 0 aromatic heterocycles. The number of amides is 1. The quantitative estimate of drug-likeness (QED) is 0.797. The molecule has 1 aliphatic rings. The zero-order valence-corrected chi connectivity index (χ0v) is 8.90. The highest BCUT2D eigenvalue weighted by Crippen LogP contribution is 2.28. The molecule has 1 aliphatic heterocycles. The zero-order chi connectivity index (χ0) is 11.5. The smallest absolute Gasteiger partial charge is 0.405 e. The second-order valence-corrected chi connectivity index (χ2v) is 3.58. The van der Waals surface area contributed by atoms with Crippen LogP contribution in [0.3, 0.4) is 0 Å². The summed E-state index contributed by atoms with van der Waals surface area (Å²) in [5.74, 6) is 0.720. The van der Waals surface area contributed by atoms with Crippen LogP contribution < -0.4 is 10.1 Å². The molecule has 0 saturated heterocycles. The largest absolute Gasteiger partial charge is 0.497 e. The highest BCUT2D eigenvalue weighted by Gasteiger charge is 2.22. The maximum absolute atomic E-state index is 10.6. The van der Waals surface area contributed by atoms with Crippen LogP contribution in [0, 0.1) is 0 Å². The Morgan fingerprint density at radius 3 is 3.12 bits per heavy atom. The molecule has 5 nitrogen and oxygen atoms in total. The Morgan fingerprint density at radius 1 is 1.62 bits per heavy atom. The van der Waals surface area contributed by atoms with Crippen molar-refractivity contribution in [1.82, 2.24) is 5.32 Å². The summed E-state index contributed by atoms with van der Waals surface area (Å²) in [5, 5.41) is 11.1. The molecule has 1 heterocycles. The minimum atomic E-state index is -1.05. The van der Waals surface area contributed by atoms with Crippen molar-refractivity contribution in [2.75, 3.05) is 13.7 Å². The third-order valence-corrected chi connectivity index (χ3v) is 2.57. The predicted molar refractivity (Wildman–Crippen MR) is 56.6 cm³/mol. The van der Waals surface area contributed by atoms with Gasteiger partial charge in [-0.1, -0.05) is 6.07 Å². The lowest BCUT2D eigenvalue weighted by molar-refractivity contribution is 0.0807. The number of hydrogen-bond donors (Lipinski definition) is 2. The zero-order valence-electron chi connectivity index (χ0n) is 8.90. The average molecular weight is 223 g/mol. The van der Waals surface area contributed by atoms with Crippen LogP contribution in [0.25, 0.3) is 0 Å². The molecule has 16 heavy (non-hydrogen) atoms. The Bertz CT molecular complexity index is 405. The van der Waals surface area contributed by atoms with Crippen LogP contribution in [0.4, 0.5) is 4.79 Å². The third kappa shape index (κ3) is 2.09. The number of rotatable bonds is 2. The maximum Gasteiger partial charge on any atom is 0.405 e. The summed E-state index contributed by atoms with van der Waals surface area (Å²) >= 11 is 0.